The van der Waals surface area contributed by atoms with Crippen molar-refractivity contribution in [3.05, 3.63) is 56.1 Å². The Balaban J connectivity index is 1.40. The standard InChI is InChI=1S/C21H24N6O3/c28-19-20(29)23-16-11-13(7-8-15(16)22-19)21(30)26-9-4-5-14(12-26)18-25-24-17-6-2-1-3-10-27(17)18/h7-8,11,14H,1-6,9-10,12H2,(H,22,28)(H,23,29)/t14-/m1/s1. The zero-order chi connectivity index (χ0) is 20.7. The summed E-state index contributed by atoms with van der Waals surface area (Å²) in [4.78, 5) is 43.2. The second-order valence-electron chi connectivity index (χ2n) is 8.20. The number of hydrogen-bond acceptors (Lipinski definition) is 5. The average Bonchev–Trinajstić information content (AvgIpc) is 3.02. The number of aryl methyl sites for hydroxylation is 1. The van der Waals surface area contributed by atoms with Crippen molar-refractivity contribution in [2.75, 3.05) is 13.1 Å². The highest BCUT2D eigenvalue weighted by atomic mass is 16.2. The highest BCUT2D eigenvalue weighted by molar-refractivity contribution is 5.97. The van der Waals surface area contributed by atoms with E-state index >= 15 is 0 Å². The number of benzene rings is 1. The number of H-pyrrole nitrogens is 2. The summed E-state index contributed by atoms with van der Waals surface area (Å²) in [6.07, 6.45) is 6.39. The van der Waals surface area contributed by atoms with Gasteiger partial charge in [0.1, 0.15) is 11.6 Å². The van der Waals surface area contributed by atoms with Crippen LogP contribution in [-0.2, 0) is 13.0 Å². The second-order valence-corrected chi connectivity index (χ2v) is 8.20. The van der Waals surface area contributed by atoms with E-state index in [0.717, 1.165) is 50.3 Å². The summed E-state index contributed by atoms with van der Waals surface area (Å²) >= 11 is 0. The Bertz CT molecular complexity index is 1220. The summed E-state index contributed by atoms with van der Waals surface area (Å²) in [6.45, 7) is 2.26. The molecule has 2 aliphatic heterocycles. The van der Waals surface area contributed by atoms with Crippen LogP contribution in [0, 0.1) is 0 Å². The van der Waals surface area contributed by atoms with Crippen LogP contribution in [0.2, 0.25) is 0 Å². The minimum Gasteiger partial charge on any atom is -0.338 e. The predicted molar refractivity (Wildman–Crippen MR) is 111 cm³/mol. The third-order valence-corrected chi connectivity index (χ3v) is 6.18. The summed E-state index contributed by atoms with van der Waals surface area (Å²) in [5.41, 5.74) is 0.0112. The first kappa shape index (κ1) is 18.8. The van der Waals surface area contributed by atoms with Gasteiger partial charge in [-0.1, -0.05) is 6.42 Å². The molecule has 0 saturated carbocycles. The van der Waals surface area contributed by atoms with E-state index in [4.69, 9.17) is 0 Å². The molecule has 30 heavy (non-hydrogen) atoms. The number of carbonyl (C=O) groups excluding carboxylic acids is 1. The Kier molecular flexibility index (Phi) is 4.72. The highest BCUT2D eigenvalue weighted by Crippen LogP contribution is 2.29. The lowest BCUT2D eigenvalue weighted by atomic mass is 9.96. The van der Waals surface area contributed by atoms with Gasteiger partial charge in [-0.3, -0.25) is 14.4 Å². The molecule has 0 bridgehead atoms. The fourth-order valence-electron chi connectivity index (χ4n) is 4.61. The average molecular weight is 408 g/mol. The van der Waals surface area contributed by atoms with Crippen molar-refractivity contribution in [1.29, 1.82) is 0 Å². The van der Waals surface area contributed by atoms with Crippen LogP contribution in [-0.4, -0.2) is 48.6 Å². The number of likely N-dealkylation sites (tertiary alicyclic amines) is 1. The Hall–Kier alpha value is -3.23. The number of amides is 1. The Morgan fingerprint density at radius 3 is 2.67 bits per heavy atom. The lowest BCUT2D eigenvalue weighted by Gasteiger charge is -2.32. The summed E-state index contributed by atoms with van der Waals surface area (Å²) in [7, 11) is 0. The molecular weight excluding hydrogens is 384 g/mol. The maximum atomic E-state index is 13.2. The van der Waals surface area contributed by atoms with Gasteiger partial charge < -0.3 is 19.4 Å². The molecule has 1 aromatic carbocycles. The van der Waals surface area contributed by atoms with Gasteiger partial charge in [0.05, 0.1) is 11.0 Å². The zero-order valence-corrected chi connectivity index (χ0v) is 16.7. The Labute approximate surface area is 172 Å². The topological polar surface area (TPSA) is 117 Å². The normalized spacial score (nSPS) is 19.5. The van der Waals surface area contributed by atoms with Crippen LogP contribution >= 0.6 is 0 Å². The van der Waals surface area contributed by atoms with Crippen LogP contribution in [0.1, 0.15) is 60.0 Å². The van der Waals surface area contributed by atoms with Crippen LogP contribution in [0.15, 0.2) is 27.8 Å². The number of fused-ring (bicyclic) bond motifs is 2. The van der Waals surface area contributed by atoms with Crippen molar-refractivity contribution in [2.24, 2.45) is 0 Å². The first-order valence-electron chi connectivity index (χ1n) is 10.6. The molecular formula is C21H24N6O3. The molecule has 2 aliphatic rings. The minimum absolute atomic E-state index is 0.0794. The summed E-state index contributed by atoms with van der Waals surface area (Å²) in [6, 6.07) is 4.97. The van der Waals surface area contributed by atoms with Crippen LogP contribution in [0.25, 0.3) is 11.0 Å². The van der Waals surface area contributed by atoms with Gasteiger partial charge in [0.15, 0.2) is 0 Å². The van der Waals surface area contributed by atoms with E-state index in [1.54, 1.807) is 18.2 Å². The first-order valence-corrected chi connectivity index (χ1v) is 10.6. The van der Waals surface area contributed by atoms with Gasteiger partial charge in [0.2, 0.25) is 0 Å². The predicted octanol–water partition coefficient (Wildman–Crippen LogP) is 1.55. The lowest BCUT2D eigenvalue weighted by Crippen LogP contribution is -2.40. The number of aromatic amines is 2. The van der Waals surface area contributed by atoms with Gasteiger partial charge in [-0.05, 0) is 43.9 Å². The third-order valence-electron chi connectivity index (χ3n) is 6.18. The van der Waals surface area contributed by atoms with Crippen molar-refractivity contribution < 1.29 is 4.79 Å². The summed E-state index contributed by atoms with van der Waals surface area (Å²) < 4.78 is 2.27. The van der Waals surface area contributed by atoms with Crippen LogP contribution < -0.4 is 11.1 Å². The number of piperidine rings is 1. The van der Waals surface area contributed by atoms with Gasteiger partial charge in [-0.25, -0.2) is 0 Å². The molecule has 1 fully saturated rings. The third kappa shape index (κ3) is 3.34. The smallest absolute Gasteiger partial charge is 0.314 e. The molecule has 0 unspecified atom stereocenters. The van der Waals surface area contributed by atoms with Crippen molar-refractivity contribution in [1.82, 2.24) is 29.6 Å². The lowest BCUT2D eigenvalue weighted by molar-refractivity contribution is 0.0703. The number of aromatic nitrogens is 5. The van der Waals surface area contributed by atoms with Crippen LogP contribution in [0.3, 0.4) is 0 Å². The molecule has 0 spiro atoms. The van der Waals surface area contributed by atoms with E-state index in [1.807, 2.05) is 4.90 Å². The number of rotatable bonds is 2. The zero-order valence-electron chi connectivity index (χ0n) is 16.7. The molecule has 3 aromatic rings. The monoisotopic (exact) mass is 408 g/mol. The molecule has 4 heterocycles. The first-order chi connectivity index (χ1) is 14.6. The fraction of sp³-hybridized carbons (Fsp3) is 0.476. The van der Waals surface area contributed by atoms with Crippen molar-refractivity contribution >= 4 is 16.9 Å². The fourth-order valence-corrected chi connectivity index (χ4v) is 4.61. The second kappa shape index (κ2) is 7.55. The molecule has 9 nitrogen and oxygen atoms in total. The molecule has 1 atom stereocenters. The van der Waals surface area contributed by atoms with Crippen molar-refractivity contribution in [2.45, 2.75) is 51.0 Å². The van der Waals surface area contributed by atoms with Gasteiger partial charge >= 0.3 is 11.1 Å². The molecule has 5 rings (SSSR count). The van der Waals surface area contributed by atoms with Crippen molar-refractivity contribution in [3.63, 3.8) is 0 Å². The molecule has 2 N–H and O–H groups in total. The number of hydrogen-bond donors (Lipinski definition) is 2. The van der Waals surface area contributed by atoms with E-state index in [9.17, 15) is 14.4 Å². The molecule has 1 amide bonds. The molecule has 0 radical (unpaired) electrons. The number of nitrogens with one attached hydrogen (secondary N) is 2. The van der Waals surface area contributed by atoms with E-state index in [2.05, 4.69) is 24.7 Å². The largest absolute Gasteiger partial charge is 0.338 e. The van der Waals surface area contributed by atoms with E-state index in [1.165, 1.54) is 6.42 Å². The number of carbonyl (C=O) groups is 1. The molecule has 2 aromatic heterocycles. The maximum absolute atomic E-state index is 13.2. The van der Waals surface area contributed by atoms with E-state index in [-0.39, 0.29) is 11.8 Å². The van der Waals surface area contributed by atoms with Gasteiger partial charge in [0, 0.05) is 37.5 Å². The Morgan fingerprint density at radius 1 is 0.967 bits per heavy atom. The molecule has 0 aliphatic carbocycles. The minimum atomic E-state index is -0.724. The summed E-state index contributed by atoms with van der Waals surface area (Å²) in [5.74, 6) is 2.17. The molecule has 156 valence electrons. The quantitative estimate of drug-likeness (QED) is 0.624. The number of nitrogens with zero attached hydrogens (tertiary/aromatic N) is 4. The van der Waals surface area contributed by atoms with E-state index in [0.29, 0.717) is 29.7 Å². The Morgan fingerprint density at radius 2 is 1.80 bits per heavy atom. The SMILES string of the molecule is O=C(c1ccc2[nH]c(=O)c(=O)[nH]c2c1)N1CCC[C@@H](c2nnc3n2CCCCC3)C1. The van der Waals surface area contributed by atoms with Gasteiger partial charge in [-0.2, -0.15) is 0 Å². The maximum Gasteiger partial charge on any atom is 0.314 e. The molecule has 9 heteroatoms. The van der Waals surface area contributed by atoms with Crippen LogP contribution in [0.4, 0.5) is 0 Å². The summed E-state index contributed by atoms with van der Waals surface area (Å²) in [5, 5.41) is 8.91. The van der Waals surface area contributed by atoms with Gasteiger partial charge in [0.25, 0.3) is 5.91 Å². The molecule has 1 saturated heterocycles. The van der Waals surface area contributed by atoms with Crippen LogP contribution in [0.5, 0.6) is 0 Å². The van der Waals surface area contributed by atoms with E-state index < -0.39 is 11.1 Å². The highest BCUT2D eigenvalue weighted by Gasteiger charge is 2.30. The van der Waals surface area contributed by atoms with Crippen molar-refractivity contribution in [3.8, 4) is 0 Å². The van der Waals surface area contributed by atoms with Gasteiger partial charge in [-0.15, -0.1) is 10.2 Å².